The fraction of sp³-hybridized carbons (Fsp3) is 0.111. The first-order valence-corrected chi connectivity index (χ1v) is 7.62. The first-order valence-electron chi connectivity index (χ1n) is 7.22. The molecule has 0 atom stereocenters. The summed E-state index contributed by atoms with van der Waals surface area (Å²) < 4.78 is 5.43. The van der Waals surface area contributed by atoms with E-state index in [4.69, 9.17) is 16.6 Å². The van der Waals surface area contributed by atoms with E-state index in [1.165, 1.54) is 6.08 Å². The monoisotopic (exact) mass is 324 g/mol. The minimum atomic E-state index is -0.179. The number of hydrogen-bond donors (Lipinski definition) is 2. The molecular weight excluding hydrogens is 308 g/mol. The lowest BCUT2D eigenvalue weighted by Gasteiger charge is -2.10. The third kappa shape index (κ3) is 3.24. The molecule has 1 amide bonds. The van der Waals surface area contributed by atoms with Crippen molar-refractivity contribution >= 4 is 41.0 Å². The van der Waals surface area contributed by atoms with Gasteiger partial charge in [-0.05, 0) is 49.3 Å². The lowest BCUT2D eigenvalue weighted by molar-refractivity contribution is -0.111. The van der Waals surface area contributed by atoms with E-state index >= 15 is 0 Å². The average molecular weight is 324 g/mol. The Bertz CT molecular complexity index is 952. The molecule has 3 rings (SSSR count). The Hall–Kier alpha value is -2.66. The van der Waals surface area contributed by atoms with E-state index in [1.54, 1.807) is 6.08 Å². The van der Waals surface area contributed by atoms with Gasteiger partial charge in [0.15, 0.2) is 5.58 Å². The average Bonchev–Trinajstić information content (AvgIpc) is 2.91. The van der Waals surface area contributed by atoms with Gasteiger partial charge in [0.25, 0.3) is 4.84 Å². The number of carbonyl (C=O) groups is 1. The molecule has 0 spiro atoms. The third-order valence-corrected chi connectivity index (χ3v) is 3.83. The number of rotatable bonds is 3. The molecule has 23 heavy (non-hydrogen) atoms. The van der Waals surface area contributed by atoms with Crippen molar-refractivity contribution in [2.24, 2.45) is 0 Å². The van der Waals surface area contributed by atoms with Crippen LogP contribution in [0.15, 0.2) is 46.9 Å². The summed E-state index contributed by atoms with van der Waals surface area (Å²) in [5, 5.41) is 2.93. The molecule has 3 aromatic rings. The highest BCUT2D eigenvalue weighted by Crippen LogP contribution is 2.28. The van der Waals surface area contributed by atoms with Gasteiger partial charge in [-0.15, -0.1) is 0 Å². The topological polar surface area (TPSA) is 58.0 Å². The van der Waals surface area contributed by atoms with Gasteiger partial charge >= 0.3 is 0 Å². The van der Waals surface area contributed by atoms with Crippen molar-refractivity contribution in [2.45, 2.75) is 13.8 Å². The van der Waals surface area contributed by atoms with Crippen molar-refractivity contribution in [3.63, 3.8) is 0 Å². The molecule has 0 fully saturated rings. The Morgan fingerprint density at radius 3 is 2.74 bits per heavy atom. The number of carbonyl (C=O) groups excluding carboxylic acids is 1. The van der Waals surface area contributed by atoms with E-state index in [9.17, 15) is 4.79 Å². The van der Waals surface area contributed by atoms with Crippen molar-refractivity contribution in [1.29, 1.82) is 0 Å². The van der Waals surface area contributed by atoms with Crippen LogP contribution in [0.3, 0.4) is 0 Å². The second kappa shape index (κ2) is 6.22. The zero-order valence-electron chi connectivity index (χ0n) is 12.8. The van der Waals surface area contributed by atoms with E-state index in [0.29, 0.717) is 10.4 Å². The van der Waals surface area contributed by atoms with Gasteiger partial charge in [0.1, 0.15) is 0 Å². The summed E-state index contributed by atoms with van der Waals surface area (Å²) in [6.07, 6.45) is 3.31. The maximum atomic E-state index is 12.2. The molecule has 0 unspecified atom stereocenters. The van der Waals surface area contributed by atoms with Gasteiger partial charge in [-0.25, -0.2) is 0 Å². The zero-order chi connectivity index (χ0) is 16.4. The van der Waals surface area contributed by atoms with Crippen LogP contribution in [0, 0.1) is 18.7 Å². The number of aromatic nitrogens is 1. The summed E-state index contributed by atoms with van der Waals surface area (Å²) in [7, 11) is 0. The molecule has 1 aromatic heterocycles. The largest absolute Gasteiger partial charge is 0.429 e. The Morgan fingerprint density at radius 1 is 1.26 bits per heavy atom. The van der Waals surface area contributed by atoms with Crippen LogP contribution in [0.1, 0.15) is 16.7 Å². The Kier molecular flexibility index (Phi) is 4.12. The van der Waals surface area contributed by atoms with Crippen molar-refractivity contribution < 1.29 is 9.21 Å². The molecule has 5 heteroatoms. The van der Waals surface area contributed by atoms with Gasteiger partial charge in [0.05, 0.1) is 5.52 Å². The molecule has 116 valence electrons. The number of fused-ring (bicyclic) bond motifs is 1. The van der Waals surface area contributed by atoms with Gasteiger partial charge in [-0.1, -0.05) is 30.3 Å². The molecule has 0 bridgehead atoms. The second-order valence-corrected chi connectivity index (χ2v) is 5.69. The van der Waals surface area contributed by atoms with Crippen molar-refractivity contribution in [1.82, 2.24) is 4.98 Å². The normalized spacial score (nSPS) is 11.2. The van der Waals surface area contributed by atoms with Crippen LogP contribution in [0.2, 0.25) is 0 Å². The lowest BCUT2D eigenvalue weighted by atomic mass is 10.1. The standard InChI is InChI=1S/C18H16N2O2S/c1-11-10-14-17(20-18(23)22-14)12(2)16(11)19-15(21)9-8-13-6-4-3-5-7-13/h3-10H,1-2H3,(H,19,21)(H,20,23). The first-order chi connectivity index (χ1) is 11.0. The number of aromatic amines is 1. The Labute approximate surface area is 138 Å². The number of oxazole rings is 1. The van der Waals surface area contributed by atoms with Crippen LogP contribution >= 0.6 is 12.2 Å². The van der Waals surface area contributed by atoms with Crippen LogP contribution < -0.4 is 5.32 Å². The third-order valence-electron chi connectivity index (χ3n) is 3.64. The molecular formula is C18H16N2O2S. The number of hydrogen-bond acceptors (Lipinski definition) is 3. The zero-order valence-corrected chi connectivity index (χ0v) is 13.7. The van der Waals surface area contributed by atoms with Crippen LogP contribution in [0.5, 0.6) is 0 Å². The van der Waals surface area contributed by atoms with Crippen LogP contribution in [0.25, 0.3) is 17.2 Å². The molecule has 0 saturated heterocycles. The maximum absolute atomic E-state index is 12.2. The summed E-state index contributed by atoms with van der Waals surface area (Å²) in [5.41, 5.74) is 5.08. The van der Waals surface area contributed by atoms with E-state index < -0.39 is 0 Å². The number of H-pyrrole nitrogens is 1. The van der Waals surface area contributed by atoms with Crippen molar-refractivity contribution in [2.75, 3.05) is 5.32 Å². The van der Waals surface area contributed by atoms with E-state index in [-0.39, 0.29) is 5.91 Å². The van der Waals surface area contributed by atoms with Gasteiger partial charge in [0.2, 0.25) is 5.91 Å². The molecule has 4 nitrogen and oxygen atoms in total. The molecule has 0 saturated carbocycles. The van der Waals surface area contributed by atoms with Crippen LogP contribution in [-0.4, -0.2) is 10.9 Å². The quantitative estimate of drug-likeness (QED) is 0.539. The number of anilines is 1. The molecule has 0 aliphatic carbocycles. The second-order valence-electron chi connectivity index (χ2n) is 5.31. The SMILES string of the molecule is Cc1cc2oc(=S)[nH]c2c(C)c1NC(=O)C=Cc1ccccc1. The molecule has 2 N–H and O–H groups in total. The van der Waals surface area contributed by atoms with Crippen LogP contribution in [-0.2, 0) is 4.79 Å². The smallest absolute Gasteiger partial charge is 0.266 e. The minimum Gasteiger partial charge on any atom is -0.429 e. The molecule has 0 aliphatic heterocycles. The maximum Gasteiger partial charge on any atom is 0.266 e. The number of aryl methyl sites for hydroxylation is 2. The number of nitrogens with one attached hydrogen (secondary N) is 2. The highest BCUT2D eigenvalue weighted by Gasteiger charge is 2.12. The van der Waals surface area contributed by atoms with Gasteiger partial charge in [0, 0.05) is 17.3 Å². The van der Waals surface area contributed by atoms with Gasteiger partial charge < -0.3 is 14.7 Å². The fourth-order valence-corrected chi connectivity index (χ4v) is 2.69. The highest BCUT2D eigenvalue weighted by atomic mass is 32.1. The highest BCUT2D eigenvalue weighted by molar-refractivity contribution is 7.71. The van der Waals surface area contributed by atoms with Gasteiger partial charge in [-0.3, -0.25) is 4.79 Å². The predicted molar refractivity (Wildman–Crippen MR) is 95.0 cm³/mol. The fourth-order valence-electron chi connectivity index (χ4n) is 2.50. The lowest BCUT2D eigenvalue weighted by Crippen LogP contribution is -2.10. The molecule has 1 heterocycles. The van der Waals surface area contributed by atoms with E-state index in [1.807, 2.05) is 50.2 Å². The minimum absolute atomic E-state index is 0.179. The summed E-state index contributed by atoms with van der Waals surface area (Å²) in [6, 6.07) is 11.6. The predicted octanol–water partition coefficient (Wildman–Crippen LogP) is 4.76. The van der Waals surface area contributed by atoms with Gasteiger partial charge in [-0.2, -0.15) is 0 Å². The number of amides is 1. The van der Waals surface area contributed by atoms with E-state index in [0.717, 1.165) is 27.9 Å². The molecule has 0 aliphatic rings. The summed E-state index contributed by atoms with van der Waals surface area (Å²) in [4.78, 5) is 15.5. The summed E-state index contributed by atoms with van der Waals surface area (Å²) in [5.74, 6) is -0.179. The van der Waals surface area contributed by atoms with Crippen molar-refractivity contribution in [3.8, 4) is 0 Å². The van der Waals surface area contributed by atoms with E-state index in [2.05, 4.69) is 10.3 Å². The Balaban J connectivity index is 1.87. The first kappa shape index (κ1) is 15.2. The van der Waals surface area contributed by atoms with Crippen LogP contribution in [0.4, 0.5) is 5.69 Å². The Morgan fingerprint density at radius 2 is 2.00 bits per heavy atom. The summed E-state index contributed by atoms with van der Waals surface area (Å²) in [6.45, 7) is 3.85. The summed E-state index contributed by atoms with van der Waals surface area (Å²) >= 11 is 5.02. The molecule has 2 aromatic carbocycles. The molecule has 0 radical (unpaired) electrons. The number of benzene rings is 2. The van der Waals surface area contributed by atoms with Crippen molar-refractivity contribution in [3.05, 3.63) is 64.0 Å².